The summed E-state index contributed by atoms with van der Waals surface area (Å²) in [4.78, 5) is 0. The zero-order valence-electron chi connectivity index (χ0n) is 11.7. The minimum absolute atomic E-state index is 0.157. The normalized spacial score (nSPS) is 23.6. The lowest BCUT2D eigenvalue weighted by Crippen LogP contribution is -2.20. The number of hydrogen-bond acceptors (Lipinski definition) is 2. The van der Waals surface area contributed by atoms with Gasteiger partial charge in [0.15, 0.2) is 5.79 Å². The summed E-state index contributed by atoms with van der Waals surface area (Å²) >= 11 is 0. The molecule has 1 heterocycles. The van der Waals surface area contributed by atoms with Crippen LogP contribution in [0.4, 0.5) is 0 Å². The van der Waals surface area contributed by atoms with Crippen molar-refractivity contribution in [3.63, 3.8) is 0 Å². The molecular formula is C15H28O2. The summed E-state index contributed by atoms with van der Waals surface area (Å²) in [6.07, 6.45) is 13.9. The topological polar surface area (TPSA) is 18.5 Å². The van der Waals surface area contributed by atoms with Gasteiger partial charge in [0.1, 0.15) is 6.10 Å². The minimum Gasteiger partial charge on any atom is -0.347 e. The van der Waals surface area contributed by atoms with Crippen LogP contribution in [-0.2, 0) is 9.47 Å². The van der Waals surface area contributed by atoms with Crippen molar-refractivity contribution in [3.05, 3.63) is 12.2 Å². The monoisotopic (exact) mass is 240 g/mol. The molecule has 17 heavy (non-hydrogen) atoms. The summed E-state index contributed by atoms with van der Waals surface area (Å²) in [6, 6.07) is 0. The smallest absolute Gasteiger partial charge is 0.163 e. The first-order valence-corrected chi connectivity index (χ1v) is 7.12. The Morgan fingerprint density at radius 1 is 1.12 bits per heavy atom. The third-order valence-corrected chi connectivity index (χ3v) is 3.11. The molecule has 0 spiro atoms. The van der Waals surface area contributed by atoms with Crippen LogP contribution < -0.4 is 0 Å². The molecule has 1 aliphatic heterocycles. The fraction of sp³-hybridized carbons (Fsp3) is 0.867. The van der Waals surface area contributed by atoms with Crippen LogP contribution in [0.2, 0.25) is 0 Å². The van der Waals surface area contributed by atoms with Gasteiger partial charge in [0.2, 0.25) is 0 Å². The van der Waals surface area contributed by atoms with Crippen LogP contribution in [0.15, 0.2) is 12.2 Å². The highest BCUT2D eigenvalue weighted by atomic mass is 16.7. The summed E-state index contributed by atoms with van der Waals surface area (Å²) in [6.45, 7) is 6.89. The molecule has 0 unspecified atom stereocenters. The van der Waals surface area contributed by atoms with Crippen molar-refractivity contribution in [2.45, 2.75) is 77.6 Å². The highest BCUT2D eigenvalue weighted by Crippen LogP contribution is 2.22. The average Bonchev–Trinajstić information content (AvgIpc) is 2.62. The van der Waals surface area contributed by atoms with Gasteiger partial charge in [-0.3, -0.25) is 0 Å². The van der Waals surface area contributed by atoms with E-state index in [1.807, 2.05) is 13.8 Å². The molecule has 2 heteroatoms. The number of ether oxygens (including phenoxy) is 2. The van der Waals surface area contributed by atoms with Crippen LogP contribution in [0.1, 0.15) is 65.7 Å². The zero-order chi connectivity index (χ0) is 12.6. The van der Waals surface area contributed by atoms with Crippen molar-refractivity contribution in [3.8, 4) is 0 Å². The summed E-state index contributed by atoms with van der Waals surface area (Å²) < 4.78 is 11.2. The Kier molecular flexibility index (Phi) is 6.83. The third-order valence-electron chi connectivity index (χ3n) is 3.11. The molecule has 0 aromatic heterocycles. The predicted octanol–water partition coefficient (Wildman–Crippen LogP) is 4.44. The van der Waals surface area contributed by atoms with Gasteiger partial charge in [-0.1, -0.05) is 51.2 Å². The van der Waals surface area contributed by atoms with E-state index in [1.54, 1.807) is 0 Å². The maximum Gasteiger partial charge on any atom is 0.163 e. The van der Waals surface area contributed by atoms with Crippen molar-refractivity contribution in [2.24, 2.45) is 0 Å². The van der Waals surface area contributed by atoms with E-state index in [0.717, 1.165) is 0 Å². The largest absolute Gasteiger partial charge is 0.347 e. The van der Waals surface area contributed by atoms with Crippen molar-refractivity contribution < 1.29 is 9.47 Å². The first kappa shape index (κ1) is 14.7. The molecule has 1 saturated heterocycles. The van der Waals surface area contributed by atoms with Gasteiger partial charge in [-0.2, -0.15) is 0 Å². The van der Waals surface area contributed by atoms with Crippen LogP contribution >= 0.6 is 0 Å². The Hall–Kier alpha value is -0.340. The van der Waals surface area contributed by atoms with Crippen molar-refractivity contribution in [1.29, 1.82) is 0 Å². The fourth-order valence-electron chi connectivity index (χ4n) is 2.10. The standard InChI is InChI=1S/C15H28O2/c1-4-5-6-7-8-9-10-11-12-14-13-16-15(2,3)17-14/h11-12,14H,4-10,13H2,1-3H3/b12-11+/t14-/m1/s1. The zero-order valence-corrected chi connectivity index (χ0v) is 11.7. The number of unbranched alkanes of at least 4 members (excludes halogenated alkanes) is 6. The lowest BCUT2D eigenvalue weighted by molar-refractivity contribution is -0.133. The van der Waals surface area contributed by atoms with Gasteiger partial charge in [0.05, 0.1) is 6.61 Å². The SMILES string of the molecule is CCCCCCCC/C=C/[C@@H]1COC(C)(C)O1. The Morgan fingerprint density at radius 2 is 1.82 bits per heavy atom. The Balaban J connectivity index is 1.96. The number of rotatable bonds is 8. The summed E-state index contributed by atoms with van der Waals surface area (Å²) in [5.74, 6) is -0.394. The van der Waals surface area contributed by atoms with E-state index in [9.17, 15) is 0 Å². The van der Waals surface area contributed by atoms with Crippen LogP contribution in [0.5, 0.6) is 0 Å². The molecule has 1 aliphatic rings. The molecule has 1 rings (SSSR count). The van der Waals surface area contributed by atoms with Crippen molar-refractivity contribution in [2.75, 3.05) is 6.61 Å². The van der Waals surface area contributed by atoms with Gasteiger partial charge in [0.25, 0.3) is 0 Å². The van der Waals surface area contributed by atoms with E-state index >= 15 is 0 Å². The van der Waals surface area contributed by atoms with Gasteiger partial charge in [-0.25, -0.2) is 0 Å². The lowest BCUT2D eigenvalue weighted by atomic mass is 10.1. The van der Waals surface area contributed by atoms with Crippen LogP contribution in [-0.4, -0.2) is 18.5 Å². The molecule has 1 atom stereocenters. The molecule has 0 aromatic rings. The van der Waals surface area contributed by atoms with E-state index in [4.69, 9.17) is 9.47 Å². The van der Waals surface area contributed by atoms with Crippen LogP contribution in [0, 0.1) is 0 Å². The summed E-state index contributed by atoms with van der Waals surface area (Å²) in [7, 11) is 0. The molecular weight excluding hydrogens is 212 g/mol. The molecule has 2 nitrogen and oxygen atoms in total. The first-order valence-electron chi connectivity index (χ1n) is 7.12. The van der Waals surface area contributed by atoms with Gasteiger partial charge in [-0.05, 0) is 26.7 Å². The molecule has 0 bridgehead atoms. The van der Waals surface area contributed by atoms with E-state index in [2.05, 4.69) is 19.1 Å². The van der Waals surface area contributed by atoms with E-state index in [1.165, 1.54) is 44.9 Å². The van der Waals surface area contributed by atoms with Crippen LogP contribution in [0.3, 0.4) is 0 Å². The molecule has 100 valence electrons. The van der Waals surface area contributed by atoms with Gasteiger partial charge in [-0.15, -0.1) is 0 Å². The quantitative estimate of drug-likeness (QED) is 0.461. The maximum absolute atomic E-state index is 5.70. The summed E-state index contributed by atoms with van der Waals surface area (Å²) in [5.41, 5.74) is 0. The number of allylic oxidation sites excluding steroid dienone is 1. The molecule has 1 fully saturated rings. The molecule has 0 radical (unpaired) electrons. The highest BCUT2D eigenvalue weighted by Gasteiger charge is 2.30. The second kappa shape index (κ2) is 7.88. The third kappa shape index (κ3) is 6.85. The Morgan fingerprint density at radius 3 is 2.47 bits per heavy atom. The van der Waals surface area contributed by atoms with E-state index < -0.39 is 5.79 Å². The van der Waals surface area contributed by atoms with Crippen LogP contribution in [0.25, 0.3) is 0 Å². The predicted molar refractivity (Wildman–Crippen MR) is 72.0 cm³/mol. The summed E-state index contributed by atoms with van der Waals surface area (Å²) in [5, 5.41) is 0. The number of hydrogen-bond donors (Lipinski definition) is 0. The molecule has 0 aliphatic carbocycles. The minimum atomic E-state index is -0.394. The van der Waals surface area contributed by atoms with Crippen molar-refractivity contribution >= 4 is 0 Å². The molecule has 0 saturated carbocycles. The highest BCUT2D eigenvalue weighted by molar-refractivity contribution is 4.92. The maximum atomic E-state index is 5.70. The second-order valence-electron chi connectivity index (χ2n) is 5.35. The van der Waals surface area contributed by atoms with E-state index in [0.29, 0.717) is 6.61 Å². The molecule has 0 aromatic carbocycles. The Bertz CT molecular complexity index is 221. The lowest BCUT2D eigenvalue weighted by Gasteiger charge is -2.15. The Labute approximate surface area is 106 Å². The van der Waals surface area contributed by atoms with Crippen molar-refractivity contribution in [1.82, 2.24) is 0 Å². The van der Waals surface area contributed by atoms with Gasteiger partial charge in [0, 0.05) is 0 Å². The average molecular weight is 240 g/mol. The molecule has 0 N–H and O–H groups in total. The fourth-order valence-corrected chi connectivity index (χ4v) is 2.10. The van der Waals surface area contributed by atoms with Gasteiger partial charge < -0.3 is 9.47 Å². The first-order chi connectivity index (χ1) is 8.14. The molecule has 0 amide bonds. The second-order valence-corrected chi connectivity index (χ2v) is 5.35. The van der Waals surface area contributed by atoms with E-state index in [-0.39, 0.29) is 6.10 Å². The van der Waals surface area contributed by atoms with Gasteiger partial charge >= 0.3 is 0 Å².